The molecular formula is C39H54ClN3O3. The Labute approximate surface area is 282 Å². The Morgan fingerprint density at radius 3 is 2.15 bits per heavy atom. The van der Waals surface area contributed by atoms with Gasteiger partial charge in [-0.3, -0.25) is 4.79 Å². The molecule has 0 bridgehead atoms. The molecule has 46 heavy (non-hydrogen) atoms. The maximum absolute atomic E-state index is 13.7. The SMILES string of the molecule is C=Cc1c(Nc2ccc(N(CC)CC)cc2C)cc(NC(=O)C(CC)Oc2ccc(C(C)(C)CC)cc2C(C)(C)CC)c(O)c1Cl. The van der Waals surface area contributed by atoms with Gasteiger partial charge >= 0.3 is 0 Å². The summed E-state index contributed by atoms with van der Waals surface area (Å²) in [6.07, 6.45) is 3.15. The van der Waals surface area contributed by atoms with Crippen LogP contribution >= 0.6 is 11.6 Å². The number of benzene rings is 3. The molecule has 1 atom stereocenters. The summed E-state index contributed by atoms with van der Waals surface area (Å²) in [7, 11) is 0. The third-order valence-corrected chi connectivity index (χ3v) is 9.92. The van der Waals surface area contributed by atoms with Crippen molar-refractivity contribution in [2.45, 2.75) is 105 Å². The summed E-state index contributed by atoms with van der Waals surface area (Å²) >= 11 is 6.64. The summed E-state index contributed by atoms with van der Waals surface area (Å²) in [5.74, 6) is 0.0989. The Kier molecular flexibility index (Phi) is 12.2. The lowest BCUT2D eigenvalue weighted by Crippen LogP contribution is -2.33. The van der Waals surface area contributed by atoms with Crippen LogP contribution in [0.1, 0.15) is 104 Å². The van der Waals surface area contributed by atoms with Gasteiger partial charge in [0.15, 0.2) is 11.9 Å². The molecule has 0 spiro atoms. The van der Waals surface area contributed by atoms with Gasteiger partial charge in [-0.05, 0) is 92.3 Å². The van der Waals surface area contributed by atoms with E-state index in [1.807, 2.05) is 26.0 Å². The Hall–Kier alpha value is -3.64. The fourth-order valence-electron chi connectivity index (χ4n) is 5.44. The average Bonchev–Trinajstić information content (AvgIpc) is 3.04. The second kappa shape index (κ2) is 15.3. The minimum Gasteiger partial charge on any atom is -0.504 e. The van der Waals surface area contributed by atoms with Crippen molar-refractivity contribution in [1.82, 2.24) is 0 Å². The van der Waals surface area contributed by atoms with E-state index in [0.717, 1.165) is 48.4 Å². The van der Waals surface area contributed by atoms with Gasteiger partial charge in [0.05, 0.1) is 10.7 Å². The van der Waals surface area contributed by atoms with Crippen molar-refractivity contribution in [2.75, 3.05) is 28.6 Å². The fraction of sp³-hybridized carbons (Fsp3) is 0.462. The van der Waals surface area contributed by atoms with E-state index in [-0.39, 0.29) is 33.2 Å². The maximum Gasteiger partial charge on any atom is 0.265 e. The quantitative estimate of drug-likeness (QED) is 0.113. The van der Waals surface area contributed by atoms with Gasteiger partial charge in [0.1, 0.15) is 5.75 Å². The van der Waals surface area contributed by atoms with E-state index in [4.69, 9.17) is 16.3 Å². The number of nitrogens with one attached hydrogen (secondary N) is 2. The lowest BCUT2D eigenvalue weighted by molar-refractivity contribution is -0.122. The zero-order chi connectivity index (χ0) is 34.4. The summed E-state index contributed by atoms with van der Waals surface area (Å²) < 4.78 is 6.46. The molecule has 7 heteroatoms. The molecular weight excluding hydrogens is 594 g/mol. The van der Waals surface area contributed by atoms with Crippen LogP contribution in [0.25, 0.3) is 6.08 Å². The normalized spacial score (nSPS) is 12.4. The van der Waals surface area contributed by atoms with Crippen molar-refractivity contribution in [1.29, 1.82) is 0 Å². The van der Waals surface area contributed by atoms with Gasteiger partial charge in [-0.1, -0.05) is 84.9 Å². The van der Waals surface area contributed by atoms with E-state index in [2.05, 4.69) is 102 Å². The lowest BCUT2D eigenvalue weighted by Gasteiger charge is -2.31. The van der Waals surface area contributed by atoms with E-state index in [1.54, 1.807) is 12.1 Å². The first-order valence-electron chi connectivity index (χ1n) is 16.6. The summed E-state index contributed by atoms with van der Waals surface area (Å²) in [6, 6.07) is 14.3. The number of aryl methyl sites for hydroxylation is 1. The van der Waals surface area contributed by atoms with Crippen molar-refractivity contribution in [2.24, 2.45) is 0 Å². The molecule has 0 aromatic heterocycles. The number of amides is 1. The highest BCUT2D eigenvalue weighted by Gasteiger charge is 2.29. The zero-order valence-corrected chi connectivity index (χ0v) is 30.3. The van der Waals surface area contributed by atoms with Gasteiger partial charge in [0, 0.05) is 41.3 Å². The molecule has 1 unspecified atom stereocenters. The average molecular weight is 648 g/mol. The van der Waals surface area contributed by atoms with Gasteiger partial charge in [-0.15, -0.1) is 0 Å². The Bertz CT molecular complexity index is 1540. The summed E-state index contributed by atoms with van der Waals surface area (Å²) in [5.41, 5.74) is 6.61. The largest absolute Gasteiger partial charge is 0.504 e. The summed E-state index contributed by atoms with van der Waals surface area (Å²) in [6.45, 7) is 27.2. The smallest absolute Gasteiger partial charge is 0.265 e. The number of anilines is 4. The van der Waals surface area contributed by atoms with Crippen molar-refractivity contribution in [3.05, 3.63) is 76.3 Å². The van der Waals surface area contributed by atoms with Crippen LogP contribution in [0.15, 0.2) is 49.0 Å². The van der Waals surface area contributed by atoms with E-state index >= 15 is 0 Å². The second-order valence-electron chi connectivity index (χ2n) is 13.2. The van der Waals surface area contributed by atoms with Crippen molar-refractivity contribution in [3.8, 4) is 11.5 Å². The highest BCUT2D eigenvalue weighted by Crippen LogP contribution is 2.43. The fourth-order valence-corrected chi connectivity index (χ4v) is 5.72. The number of rotatable bonds is 15. The molecule has 0 heterocycles. The number of ether oxygens (including phenoxy) is 1. The molecule has 3 rings (SSSR count). The highest BCUT2D eigenvalue weighted by atomic mass is 35.5. The topological polar surface area (TPSA) is 73.8 Å². The predicted octanol–water partition coefficient (Wildman–Crippen LogP) is 10.8. The van der Waals surface area contributed by atoms with Crippen molar-refractivity contribution >= 4 is 46.3 Å². The molecule has 0 saturated heterocycles. The van der Waals surface area contributed by atoms with E-state index in [9.17, 15) is 9.90 Å². The number of phenolic OH excluding ortho intramolecular Hbond substituents is 1. The first-order chi connectivity index (χ1) is 21.7. The van der Waals surface area contributed by atoms with Gasteiger partial charge in [0.25, 0.3) is 5.91 Å². The number of carbonyl (C=O) groups is 1. The highest BCUT2D eigenvalue weighted by molar-refractivity contribution is 6.34. The molecule has 0 aliphatic rings. The van der Waals surface area contributed by atoms with Crippen LogP contribution in [0.5, 0.6) is 11.5 Å². The van der Waals surface area contributed by atoms with Crippen LogP contribution in [0.2, 0.25) is 5.02 Å². The Morgan fingerprint density at radius 2 is 1.61 bits per heavy atom. The minimum atomic E-state index is -0.792. The van der Waals surface area contributed by atoms with Crippen molar-refractivity contribution < 1.29 is 14.6 Å². The molecule has 250 valence electrons. The number of halogens is 1. The number of hydrogen-bond donors (Lipinski definition) is 3. The van der Waals surface area contributed by atoms with Crippen molar-refractivity contribution in [3.63, 3.8) is 0 Å². The third-order valence-electron chi connectivity index (χ3n) is 9.54. The lowest BCUT2D eigenvalue weighted by atomic mass is 9.76. The predicted molar refractivity (Wildman–Crippen MR) is 198 cm³/mol. The third kappa shape index (κ3) is 8.01. The van der Waals surface area contributed by atoms with Crippen LogP contribution < -0.4 is 20.3 Å². The number of nitrogens with zero attached hydrogens (tertiary/aromatic N) is 1. The first-order valence-corrected chi connectivity index (χ1v) is 17.0. The molecule has 0 radical (unpaired) electrons. The summed E-state index contributed by atoms with van der Waals surface area (Å²) in [4.78, 5) is 16.0. The molecule has 3 N–H and O–H groups in total. The monoisotopic (exact) mass is 647 g/mol. The van der Waals surface area contributed by atoms with Gasteiger partial charge in [0.2, 0.25) is 0 Å². The molecule has 0 aliphatic carbocycles. The van der Waals surface area contributed by atoms with E-state index in [0.29, 0.717) is 23.4 Å². The molecule has 0 saturated carbocycles. The second-order valence-corrected chi connectivity index (χ2v) is 13.6. The number of aromatic hydroxyl groups is 1. The molecule has 0 aliphatic heterocycles. The van der Waals surface area contributed by atoms with E-state index < -0.39 is 6.10 Å². The molecule has 0 fully saturated rings. The van der Waals surface area contributed by atoms with E-state index in [1.165, 1.54) is 5.56 Å². The zero-order valence-electron chi connectivity index (χ0n) is 29.5. The van der Waals surface area contributed by atoms with Crippen LogP contribution in [0.4, 0.5) is 22.7 Å². The van der Waals surface area contributed by atoms with Crippen LogP contribution in [0, 0.1) is 6.92 Å². The molecule has 6 nitrogen and oxygen atoms in total. The molecule has 1 amide bonds. The number of carbonyl (C=O) groups excluding carboxylic acids is 1. The Balaban J connectivity index is 1.95. The first kappa shape index (κ1) is 36.8. The number of hydrogen-bond acceptors (Lipinski definition) is 5. The standard InChI is InChI=1S/C39H54ClN3O3/c1-12-28-31(41-30-20-19-27(22-25(30)7)43(16-5)17-6)24-32(36(44)35(28)40)42-37(45)33(13-2)46-34-21-18-26(38(8,9)14-3)23-29(34)39(10,11)15-4/h12,18-24,33,41,44H,1,13-17H2,2-11H3,(H,42,45). The van der Waals surface area contributed by atoms with Crippen LogP contribution in [0.3, 0.4) is 0 Å². The van der Waals surface area contributed by atoms with Gasteiger partial charge < -0.3 is 25.4 Å². The number of phenols is 1. The van der Waals surface area contributed by atoms with Gasteiger partial charge in [-0.25, -0.2) is 0 Å². The van der Waals surface area contributed by atoms with Crippen LogP contribution in [-0.2, 0) is 15.6 Å². The van der Waals surface area contributed by atoms with Crippen LogP contribution in [-0.4, -0.2) is 30.2 Å². The molecule has 3 aromatic rings. The minimum absolute atomic E-state index is 0.0186. The Morgan fingerprint density at radius 1 is 0.957 bits per heavy atom. The summed E-state index contributed by atoms with van der Waals surface area (Å²) in [5, 5.41) is 17.5. The maximum atomic E-state index is 13.7. The van der Waals surface area contributed by atoms with Gasteiger partial charge in [-0.2, -0.15) is 0 Å². The molecule has 3 aromatic carbocycles.